The molecule has 0 saturated heterocycles. The molecule has 2 rings (SSSR count). The third-order valence-corrected chi connectivity index (χ3v) is 5.01. The fourth-order valence-electron chi connectivity index (χ4n) is 2.16. The molecule has 2 unspecified atom stereocenters. The summed E-state index contributed by atoms with van der Waals surface area (Å²) in [6, 6.07) is 2.73. The first-order valence-corrected chi connectivity index (χ1v) is 7.92. The molecule has 0 spiro atoms. The minimum Gasteiger partial charge on any atom is -0.391 e. The summed E-state index contributed by atoms with van der Waals surface area (Å²) in [7, 11) is -3.79. The molecule has 2 atom stereocenters. The van der Waals surface area contributed by atoms with Crippen LogP contribution in [-0.2, 0) is 10.0 Å². The van der Waals surface area contributed by atoms with Crippen LogP contribution in [0.5, 0.6) is 0 Å². The number of hydrogen-bond acceptors (Lipinski definition) is 3. The molecule has 0 heterocycles. The number of rotatable bonds is 3. The van der Waals surface area contributed by atoms with Gasteiger partial charge in [-0.3, -0.25) is 0 Å². The lowest BCUT2D eigenvalue weighted by Gasteiger charge is -2.28. The molecule has 1 aromatic rings. The van der Waals surface area contributed by atoms with Crippen LogP contribution in [0.4, 0.5) is 4.39 Å². The van der Waals surface area contributed by atoms with E-state index in [4.69, 9.17) is 11.6 Å². The molecule has 1 fully saturated rings. The Balaban J connectivity index is 2.19. The van der Waals surface area contributed by atoms with Gasteiger partial charge in [0.1, 0.15) is 5.82 Å². The third-order valence-electron chi connectivity index (χ3n) is 3.24. The highest BCUT2D eigenvalue weighted by Gasteiger charge is 2.28. The monoisotopic (exact) mass is 307 g/mol. The Morgan fingerprint density at radius 1 is 1.32 bits per heavy atom. The van der Waals surface area contributed by atoms with Gasteiger partial charge in [-0.1, -0.05) is 24.4 Å². The maximum Gasteiger partial charge on any atom is 0.240 e. The lowest BCUT2D eigenvalue weighted by molar-refractivity contribution is 0.101. The highest BCUT2D eigenvalue weighted by atomic mass is 35.5. The molecule has 0 aliphatic heterocycles. The second-order valence-corrected chi connectivity index (χ2v) is 6.78. The van der Waals surface area contributed by atoms with E-state index < -0.39 is 28.0 Å². The largest absolute Gasteiger partial charge is 0.391 e. The van der Waals surface area contributed by atoms with Crippen LogP contribution in [0, 0.1) is 5.82 Å². The molecule has 1 saturated carbocycles. The number of aliphatic hydroxyl groups excluding tert-OH is 1. The van der Waals surface area contributed by atoms with Gasteiger partial charge in [0.15, 0.2) is 0 Å². The number of aliphatic hydroxyl groups is 1. The average Bonchev–Trinajstić information content (AvgIpc) is 2.35. The van der Waals surface area contributed by atoms with Crippen molar-refractivity contribution in [1.29, 1.82) is 0 Å². The molecule has 2 N–H and O–H groups in total. The zero-order valence-electron chi connectivity index (χ0n) is 10.1. The molecule has 1 aliphatic carbocycles. The first-order chi connectivity index (χ1) is 8.90. The summed E-state index contributed by atoms with van der Waals surface area (Å²) in [5, 5.41) is 9.52. The zero-order chi connectivity index (χ0) is 14.0. The van der Waals surface area contributed by atoms with Crippen molar-refractivity contribution in [3.05, 3.63) is 29.0 Å². The topological polar surface area (TPSA) is 66.4 Å². The smallest absolute Gasteiger partial charge is 0.240 e. The number of sulfonamides is 1. The Hall–Kier alpha value is -0.690. The van der Waals surface area contributed by atoms with Gasteiger partial charge in [0.05, 0.1) is 16.0 Å². The van der Waals surface area contributed by atoms with E-state index in [0.29, 0.717) is 12.8 Å². The van der Waals surface area contributed by atoms with E-state index in [0.717, 1.165) is 31.0 Å². The standard InChI is InChI=1S/C12H15ClFNO3S/c13-9-7-8(5-6-10(9)14)19(17,18)15-11-3-1-2-4-12(11)16/h5-7,11-12,15-16H,1-4H2. The van der Waals surface area contributed by atoms with Crippen LogP contribution in [0.2, 0.25) is 5.02 Å². The van der Waals surface area contributed by atoms with Gasteiger partial charge in [0.25, 0.3) is 0 Å². The first-order valence-electron chi connectivity index (χ1n) is 6.05. The summed E-state index contributed by atoms with van der Waals surface area (Å²) in [6.07, 6.45) is 2.25. The van der Waals surface area contributed by atoms with E-state index in [-0.39, 0.29) is 9.92 Å². The maximum atomic E-state index is 13.0. The van der Waals surface area contributed by atoms with Gasteiger partial charge in [-0.05, 0) is 31.0 Å². The van der Waals surface area contributed by atoms with Crippen molar-refractivity contribution in [1.82, 2.24) is 4.72 Å². The zero-order valence-corrected chi connectivity index (χ0v) is 11.7. The van der Waals surface area contributed by atoms with Crippen molar-refractivity contribution in [2.45, 2.75) is 42.7 Å². The number of nitrogens with one attached hydrogen (secondary N) is 1. The van der Waals surface area contributed by atoms with Crippen molar-refractivity contribution in [3.63, 3.8) is 0 Å². The molecule has 0 aromatic heterocycles. The summed E-state index contributed by atoms with van der Waals surface area (Å²) in [5.74, 6) is -0.668. The van der Waals surface area contributed by atoms with Crippen molar-refractivity contribution in [2.75, 3.05) is 0 Å². The number of halogens is 2. The molecule has 7 heteroatoms. The van der Waals surface area contributed by atoms with E-state index in [1.54, 1.807) is 0 Å². The highest BCUT2D eigenvalue weighted by molar-refractivity contribution is 7.89. The van der Waals surface area contributed by atoms with Gasteiger partial charge in [-0.25, -0.2) is 17.5 Å². The van der Waals surface area contributed by atoms with Crippen molar-refractivity contribution >= 4 is 21.6 Å². The Bertz CT molecular complexity index is 564. The molecule has 1 aromatic carbocycles. The molecule has 0 radical (unpaired) electrons. The first kappa shape index (κ1) is 14.7. The van der Waals surface area contributed by atoms with Crippen LogP contribution in [0.3, 0.4) is 0 Å². The van der Waals surface area contributed by atoms with E-state index in [1.807, 2.05) is 0 Å². The van der Waals surface area contributed by atoms with Crippen LogP contribution in [0.15, 0.2) is 23.1 Å². The molecular formula is C12H15ClFNO3S. The van der Waals surface area contributed by atoms with Gasteiger partial charge in [-0.2, -0.15) is 0 Å². The molecule has 0 bridgehead atoms. The summed E-state index contributed by atoms with van der Waals surface area (Å²) in [6.45, 7) is 0. The predicted molar refractivity (Wildman–Crippen MR) is 70.0 cm³/mol. The Morgan fingerprint density at radius 3 is 2.63 bits per heavy atom. The van der Waals surface area contributed by atoms with E-state index >= 15 is 0 Å². The van der Waals surface area contributed by atoms with Crippen LogP contribution < -0.4 is 4.72 Å². The van der Waals surface area contributed by atoms with E-state index in [9.17, 15) is 17.9 Å². The Kier molecular flexibility index (Phi) is 4.45. The normalized spacial score (nSPS) is 24.4. The lowest BCUT2D eigenvalue weighted by atomic mass is 9.93. The summed E-state index contributed by atoms with van der Waals surface area (Å²) in [4.78, 5) is -0.100. The minimum atomic E-state index is -3.79. The van der Waals surface area contributed by atoms with Crippen molar-refractivity contribution < 1.29 is 17.9 Å². The van der Waals surface area contributed by atoms with Crippen LogP contribution in [-0.4, -0.2) is 25.7 Å². The predicted octanol–water partition coefficient (Wildman–Crippen LogP) is 2.06. The lowest BCUT2D eigenvalue weighted by Crippen LogP contribution is -2.44. The van der Waals surface area contributed by atoms with Crippen molar-refractivity contribution in [3.8, 4) is 0 Å². The molecule has 4 nitrogen and oxygen atoms in total. The number of benzene rings is 1. The van der Waals surface area contributed by atoms with E-state index in [1.165, 1.54) is 0 Å². The second-order valence-electron chi connectivity index (χ2n) is 4.66. The summed E-state index contributed by atoms with van der Waals surface area (Å²) in [5.41, 5.74) is 0. The second kappa shape index (κ2) is 5.75. The minimum absolute atomic E-state index is 0.100. The van der Waals surface area contributed by atoms with Gasteiger partial charge >= 0.3 is 0 Å². The van der Waals surface area contributed by atoms with Crippen molar-refractivity contribution in [2.24, 2.45) is 0 Å². The molecule has 1 aliphatic rings. The van der Waals surface area contributed by atoms with E-state index in [2.05, 4.69) is 4.72 Å². The van der Waals surface area contributed by atoms with Gasteiger partial charge < -0.3 is 5.11 Å². The Labute approximate surface area is 116 Å². The summed E-state index contributed by atoms with van der Waals surface area (Å²) < 4.78 is 39.7. The average molecular weight is 308 g/mol. The van der Waals surface area contributed by atoms with Gasteiger partial charge in [0.2, 0.25) is 10.0 Å². The Morgan fingerprint density at radius 2 is 2.00 bits per heavy atom. The van der Waals surface area contributed by atoms with Crippen LogP contribution >= 0.6 is 11.6 Å². The molecular weight excluding hydrogens is 293 g/mol. The third kappa shape index (κ3) is 3.45. The summed E-state index contributed by atoms with van der Waals surface area (Å²) >= 11 is 5.57. The van der Waals surface area contributed by atoms with Crippen LogP contribution in [0.25, 0.3) is 0 Å². The quantitative estimate of drug-likeness (QED) is 0.898. The van der Waals surface area contributed by atoms with Gasteiger partial charge in [0, 0.05) is 6.04 Å². The molecule has 0 amide bonds. The molecule has 106 valence electrons. The van der Waals surface area contributed by atoms with Crippen LogP contribution in [0.1, 0.15) is 25.7 Å². The SMILES string of the molecule is O=S(=O)(NC1CCCCC1O)c1ccc(F)c(Cl)c1. The highest BCUT2D eigenvalue weighted by Crippen LogP contribution is 2.23. The molecule has 19 heavy (non-hydrogen) atoms. The maximum absolute atomic E-state index is 13.0. The number of hydrogen-bond donors (Lipinski definition) is 2. The fraction of sp³-hybridized carbons (Fsp3) is 0.500. The van der Waals surface area contributed by atoms with Gasteiger partial charge in [-0.15, -0.1) is 0 Å². The fourth-order valence-corrected chi connectivity index (χ4v) is 3.74.